The minimum absolute atomic E-state index is 0. The van der Waals surface area contributed by atoms with Gasteiger partial charge in [0.2, 0.25) is 0 Å². The summed E-state index contributed by atoms with van der Waals surface area (Å²) in [5.74, 6) is 16.5. The fourth-order valence-corrected chi connectivity index (χ4v) is 5.65. The number of aliphatic hydroxyl groups excluding tert-OH is 1. The summed E-state index contributed by atoms with van der Waals surface area (Å²) < 4.78 is 0. The van der Waals surface area contributed by atoms with Crippen molar-refractivity contribution < 1.29 is 26.8 Å². The van der Waals surface area contributed by atoms with Crippen molar-refractivity contribution in [2.45, 2.75) is 134 Å². The van der Waals surface area contributed by atoms with E-state index < -0.39 is 0 Å². The number of aliphatic hydroxyl groups is 1. The van der Waals surface area contributed by atoms with Crippen molar-refractivity contribution in [3.63, 3.8) is 0 Å². The molecule has 3 fully saturated rings. The molecule has 4 rings (SSSR count). The summed E-state index contributed by atoms with van der Waals surface area (Å²) in [7, 11) is 0. The molecule has 4 aliphatic rings. The number of hydrogen-bond donors (Lipinski definition) is 1. The van der Waals surface area contributed by atoms with E-state index in [4.69, 9.17) is 5.32 Å². The van der Waals surface area contributed by atoms with Gasteiger partial charge in [-0.25, -0.2) is 0 Å². The Morgan fingerprint density at radius 3 is 1.16 bits per heavy atom. The maximum Gasteiger partial charge on any atom is 3.00 e. The molecule has 0 aromatic rings. The van der Waals surface area contributed by atoms with E-state index in [1.165, 1.54) is 91.3 Å². The number of allylic oxidation sites excluding steroid dienone is 2. The molecule has 1 unspecified atom stereocenters. The molecule has 0 aromatic heterocycles. The predicted octanol–water partition coefficient (Wildman–Crippen LogP) is 10.5. The summed E-state index contributed by atoms with van der Waals surface area (Å²) >= 11 is 0. The van der Waals surface area contributed by atoms with Gasteiger partial charge in [-0.15, -0.1) is 11.7 Å². The van der Waals surface area contributed by atoms with Crippen LogP contribution < -0.4 is 0 Å². The summed E-state index contributed by atoms with van der Waals surface area (Å²) in [6.07, 6.45) is 8.30. The summed E-state index contributed by atoms with van der Waals surface area (Å²) in [6, 6.07) is 0.497. The first-order chi connectivity index (χ1) is 16.8. The van der Waals surface area contributed by atoms with Crippen molar-refractivity contribution in [3.8, 4) is 0 Å². The largest absolute Gasteiger partial charge is 3.00 e. The summed E-state index contributed by atoms with van der Waals surface area (Å²) in [6.45, 7) is 26.5. The molecule has 4 aliphatic carbocycles. The second-order valence-electron chi connectivity index (χ2n) is 12.0. The zero-order valence-corrected chi connectivity index (χ0v) is 27.6. The Hall–Kier alpha value is 0.0543. The third-order valence-corrected chi connectivity index (χ3v) is 9.73. The molecule has 203 valence electrons. The fraction of sp³-hybridized carbons (Fsp3) is 0.647. The SMILES string of the molecule is CC(C)C1CC(O)=C([N-]C2CCCCC2)C1.C[C]1[C](C)[C](C)[C](C)[C]1C.C[C]1[C](C)[C](C)[C](C)[C]1C.[Ti+3]. The Morgan fingerprint density at radius 1 is 0.568 bits per heavy atom. The average molecular weight is 541 g/mol. The molecule has 0 amide bonds. The molecular formula is C34H54NOTi+2. The number of rotatable bonds is 3. The van der Waals surface area contributed by atoms with Gasteiger partial charge < -0.3 is 10.4 Å². The fourth-order valence-electron chi connectivity index (χ4n) is 5.65. The van der Waals surface area contributed by atoms with Crippen LogP contribution >= 0.6 is 0 Å². The average Bonchev–Trinajstić information content (AvgIpc) is 3.37. The normalized spacial score (nSPS) is 27.4. The van der Waals surface area contributed by atoms with E-state index in [0.717, 1.165) is 18.5 Å². The van der Waals surface area contributed by atoms with Gasteiger partial charge in [0.1, 0.15) is 0 Å². The van der Waals surface area contributed by atoms with Crippen LogP contribution in [0.4, 0.5) is 0 Å². The predicted molar refractivity (Wildman–Crippen MR) is 157 cm³/mol. The van der Waals surface area contributed by atoms with E-state index in [1.807, 2.05) is 0 Å². The van der Waals surface area contributed by atoms with E-state index in [0.29, 0.717) is 23.6 Å². The van der Waals surface area contributed by atoms with Crippen LogP contribution in [0.5, 0.6) is 0 Å². The Labute approximate surface area is 247 Å². The molecule has 3 heteroatoms. The van der Waals surface area contributed by atoms with Gasteiger partial charge in [-0.1, -0.05) is 115 Å². The van der Waals surface area contributed by atoms with Crippen molar-refractivity contribution in [3.05, 3.63) is 76.0 Å². The molecule has 1 atom stereocenters. The van der Waals surface area contributed by atoms with Crippen LogP contribution in [0.2, 0.25) is 0 Å². The van der Waals surface area contributed by atoms with Gasteiger partial charge in [-0.3, -0.25) is 0 Å². The van der Waals surface area contributed by atoms with E-state index in [2.05, 4.69) is 83.1 Å². The van der Waals surface area contributed by atoms with Crippen LogP contribution in [0, 0.1) is 71.0 Å². The van der Waals surface area contributed by atoms with Gasteiger partial charge in [0.05, 0.1) is 5.76 Å². The Bertz CT molecular complexity index is 564. The van der Waals surface area contributed by atoms with Crippen molar-refractivity contribution in [2.75, 3.05) is 0 Å². The van der Waals surface area contributed by atoms with E-state index in [1.54, 1.807) is 0 Å². The van der Waals surface area contributed by atoms with Gasteiger partial charge in [0.25, 0.3) is 0 Å². The molecule has 11 radical (unpaired) electrons. The molecule has 0 saturated heterocycles. The van der Waals surface area contributed by atoms with Gasteiger partial charge in [-0.05, 0) is 77.4 Å². The van der Waals surface area contributed by atoms with Crippen molar-refractivity contribution in [1.82, 2.24) is 0 Å². The molecule has 3 saturated carbocycles. The Balaban J connectivity index is 0.000000287. The van der Waals surface area contributed by atoms with Gasteiger partial charge in [-0.2, -0.15) is 0 Å². The van der Waals surface area contributed by atoms with Gasteiger partial charge in [0, 0.05) is 6.42 Å². The first-order valence-corrected chi connectivity index (χ1v) is 14.3. The second-order valence-corrected chi connectivity index (χ2v) is 12.0. The van der Waals surface area contributed by atoms with Gasteiger partial charge >= 0.3 is 21.7 Å². The standard InChI is InChI=1S/C14H24NO.2C10H15.Ti/c1-10(2)11-8-13(14(16)9-11)15-12-6-4-3-5-7-12;2*1-6-7(2)9(4)10(5)8(6)3;/h10-12,16H,3-9H2,1-2H3;2*1-5H3;/q-1;;;+3. The van der Waals surface area contributed by atoms with E-state index >= 15 is 0 Å². The minimum Gasteiger partial charge on any atom is -0.682 e. The molecule has 0 spiro atoms. The Kier molecular flexibility index (Phi) is 14.9. The zero-order valence-electron chi connectivity index (χ0n) is 26.1. The molecule has 0 aromatic carbocycles. The monoisotopic (exact) mass is 540 g/mol. The molecule has 2 nitrogen and oxygen atoms in total. The van der Waals surface area contributed by atoms with Crippen molar-refractivity contribution >= 4 is 0 Å². The molecule has 37 heavy (non-hydrogen) atoms. The van der Waals surface area contributed by atoms with Gasteiger partial charge in [0.15, 0.2) is 0 Å². The van der Waals surface area contributed by atoms with E-state index in [9.17, 15) is 5.11 Å². The van der Waals surface area contributed by atoms with Crippen LogP contribution in [-0.4, -0.2) is 11.1 Å². The Morgan fingerprint density at radius 2 is 0.892 bits per heavy atom. The topological polar surface area (TPSA) is 34.3 Å². The summed E-state index contributed by atoms with van der Waals surface area (Å²) in [5, 5.41) is 14.7. The van der Waals surface area contributed by atoms with Crippen molar-refractivity contribution in [2.24, 2.45) is 11.8 Å². The first-order valence-electron chi connectivity index (χ1n) is 14.3. The second kappa shape index (κ2) is 15.7. The number of nitrogens with zero attached hydrogens (tertiary/aromatic N) is 1. The third kappa shape index (κ3) is 9.03. The first kappa shape index (κ1) is 35.1. The third-order valence-electron chi connectivity index (χ3n) is 9.73. The van der Waals surface area contributed by atoms with E-state index in [-0.39, 0.29) is 21.7 Å². The molecule has 0 aliphatic heterocycles. The molecule has 0 heterocycles. The zero-order chi connectivity index (χ0) is 27.3. The maximum atomic E-state index is 9.92. The number of hydrogen-bond acceptors (Lipinski definition) is 1. The molecule has 0 bridgehead atoms. The summed E-state index contributed by atoms with van der Waals surface area (Å²) in [5.41, 5.74) is 1.02. The van der Waals surface area contributed by atoms with Crippen LogP contribution in [-0.2, 0) is 21.7 Å². The quantitative estimate of drug-likeness (QED) is 0.355. The smallest absolute Gasteiger partial charge is 0.682 e. The van der Waals surface area contributed by atoms with Crippen LogP contribution in [0.1, 0.15) is 128 Å². The van der Waals surface area contributed by atoms with Crippen molar-refractivity contribution in [1.29, 1.82) is 0 Å². The summed E-state index contributed by atoms with van der Waals surface area (Å²) in [4.78, 5) is 0. The molecular weight excluding hydrogens is 486 g/mol. The van der Waals surface area contributed by atoms with Crippen LogP contribution in [0.25, 0.3) is 5.32 Å². The maximum absolute atomic E-state index is 9.92. The van der Waals surface area contributed by atoms with Crippen LogP contribution in [0.3, 0.4) is 0 Å². The van der Waals surface area contributed by atoms with Crippen LogP contribution in [0.15, 0.2) is 11.5 Å². The molecule has 1 N–H and O–H groups in total. The minimum atomic E-state index is 0.